The maximum atomic E-state index is 12.5. The van der Waals surface area contributed by atoms with Crippen LogP contribution in [-0.2, 0) is 7.05 Å². The SMILES string of the molecule is CC[C@]1(O)CCCN(C(=O)c2c(C)ncn2C)C1. The third-order valence-electron chi connectivity index (χ3n) is 3.82. The molecule has 1 aromatic rings. The van der Waals surface area contributed by atoms with E-state index in [4.69, 9.17) is 0 Å². The third kappa shape index (κ3) is 2.27. The van der Waals surface area contributed by atoms with Crippen molar-refractivity contribution in [2.24, 2.45) is 7.05 Å². The van der Waals surface area contributed by atoms with Gasteiger partial charge in [-0.3, -0.25) is 4.79 Å². The Bertz CT molecular complexity index is 436. The number of nitrogens with zero attached hydrogens (tertiary/aromatic N) is 3. The number of hydrogen-bond donors (Lipinski definition) is 1. The van der Waals surface area contributed by atoms with Gasteiger partial charge in [-0.25, -0.2) is 4.98 Å². The van der Waals surface area contributed by atoms with E-state index in [1.807, 2.05) is 20.9 Å². The van der Waals surface area contributed by atoms with Crippen LogP contribution >= 0.6 is 0 Å². The second kappa shape index (κ2) is 4.72. The molecule has 1 aliphatic rings. The van der Waals surface area contributed by atoms with E-state index in [0.717, 1.165) is 18.5 Å². The minimum Gasteiger partial charge on any atom is -0.388 e. The lowest BCUT2D eigenvalue weighted by atomic mass is 9.90. The zero-order valence-corrected chi connectivity index (χ0v) is 11.3. The Hall–Kier alpha value is -1.36. The molecule has 5 nitrogen and oxygen atoms in total. The normalized spacial score (nSPS) is 24.3. The van der Waals surface area contributed by atoms with Gasteiger partial charge in [0.1, 0.15) is 5.69 Å². The molecule has 1 atom stereocenters. The maximum absolute atomic E-state index is 12.5. The molecule has 18 heavy (non-hydrogen) atoms. The first-order valence-corrected chi connectivity index (χ1v) is 6.46. The molecule has 0 radical (unpaired) electrons. The van der Waals surface area contributed by atoms with Gasteiger partial charge in [0.25, 0.3) is 5.91 Å². The van der Waals surface area contributed by atoms with Crippen molar-refractivity contribution in [3.8, 4) is 0 Å². The molecule has 1 aliphatic heterocycles. The van der Waals surface area contributed by atoms with Crippen LogP contribution < -0.4 is 0 Å². The van der Waals surface area contributed by atoms with Crippen molar-refractivity contribution in [3.05, 3.63) is 17.7 Å². The molecule has 100 valence electrons. The van der Waals surface area contributed by atoms with Crippen molar-refractivity contribution in [2.45, 2.75) is 38.7 Å². The molecular formula is C13H21N3O2. The smallest absolute Gasteiger partial charge is 0.272 e. The first kappa shape index (κ1) is 13.1. The van der Waals surface area contributed by atoms with E-state index in [0.29, 0.717) is 25.2 Å². The molecular weight excluding hydrogens is 230 g/mol. The molecule has 0 aliphatic carbocycles. The molecule has 2 heterocycles. The average molecular weight is 251 g/mol. The Labute approximate surface area is 107 Å². The molecule has 1 amide bonds. The van der Waals surface area contributed by atoms with Crippen molar-refractivity contribution < 1.29 is 9.90 Å². The predicted octanol–water partition coefficient (Wildman–Crippen LogP) is 1.11. The number of likely N-dealkylation sites (tertiary alicyclic amines) is 1. The third-order valence-corrected chi connectivity index (χ3v) is 3.82. The Morgan fingerprint density at radius 3 is 2.89 bits per heavy atom. The largest absolute Gasteiger partial charge is 0.388 e. The molecule has 0 unspecified atom stereocenters. The number of aliphatic hydroxyl groups is 1. The Balaban J connectivity index is 2.19. The predicted molar refractivity (Wildman–Crippen MR) is 68.3 cm³/mol. The Morgan fingerprint density at radius 1 is 1.61 bits per heavy atom. The first-order chi connectivity index (χ1) is 8.47. The fraction of sp³-hybridized carbons (Fsp3) is 0.692. The minimum atomic E-state index is -0.722. The highest BCUT2D eigenvalue weighted by Crippen LogP contribution is 2.25. The summed E-state index contributed by atoms with van der Waals surface area (Å²) in [5, 5.41) is 10.3. The lowest BCUT2D eigenvalue weighted by molar-refractivity contribution is -0.0272. The van der Waals surface area contributed by atoms with Crippen LogP contribution in [0.1, 0.15) is 42.4 Å². The molecule has 0 saturated carbocycles. The van der Waals surface area contributed by atoms with Gasteiger partial charge in [0, 0.05) is 20.1 Å². The van der Waals surface area contributed by atoms with Crippen LogP contribution in [0.5, 0.6) is 0 Å². The van der Waals surface area contributed by atoms with E-state index < -0.39 is 5.60 Å². The standard InChI is InChI=1S/C13H21N3O2/c1-4-13(18)6-5-7-16(8-13)12(17)11-10(2)14-9-15(11)3/h9,18H,4-8H2,1-3H3/t13-/m0/s1. The number of carbonyl (C=O) groups excluding carboxylic acids is 1. The summed E-state index contributed by atoms with van der Waals surface area (Å²) in [7, 11) is 1.82. The van der Waals surface area contributed by atoms with Crippen LogP contribution in [0.15, 0.2) is 6.33 Å². The van der Waals surface area contributed by atoms with Crippen LogP contribution in [0.25, 0.3) is 0 Å². The van der Waals surface area contributed by atoms with Gasteiger partial charge >= 0.3 is 0 Å². The first-order valence-electron chi connectivity index (χ1n) is 6.46. The molecule has 0 spiro atoms. The van der Waals surface area contributed by atoms with Gasteiger partial charge in [-0.15, -0.1) is 0 Å². The maximum Gasteiger partial charge on any atom is 0.272 e. The number of rotatable bonds is 2. The summed E-state index contributed by atoms with van der Waals surface area (Å²) in [6.45, 7) is 4.94. The number of aromatic nitrogens is 2. The zero-order valence-electron chi connectivity index (χ0n) is 11.3. The number of β-amino-alcohol motifs (C(OH)–C–C–N with tert-alkyl or cyclic N) is 1. The van der Waals surface area contributed by atoms with Gasteiger partial charge < -0.3 is 14.6 Å². The van der Waals surface area contributed by atoms with Gasteiger partial charge in [0.05, 0.1) is 17.6 Å². The van der Waals surface area contributed by atoms with Crippen LogP contribution in [0.4, 0.5) is 0 Å². The zero-order chi connectivity index (χ0) is 13.3. The van der Waals surface area contributed by atoms with E-state index >= 15 is 0 Å². The summed E-state index contributed by atoms with van der Waals surface area (Å²) < 4.78 is 1.75. The number of aryl methyl sites for hydroxylation is 2. The fourth-order valence-electron chi connectivity index (χ4n) is 2.58. The number of amides is 1. The monoisotopic (exact) mass is 251 g/mol. The second-order valence-electron chi connectivity index (χ2n) is 5.20. The number of carbonyl (C=O) groups is 1. The highest BCUT2D eigenvalue weighted by molar-refractivity contribution is 5.93. The Kier molecular flexibility index (Phi) is 3.43. The van der Waals surface area contributed by atoms with E-state index in [1.165, 1.54) is 0 Å². The van der Waals surface area contributed by atoms with E-state index in [2.05, 4.69) is 4.98 Å². The highest BCUT2D eigenvalue weighted by atomic mass is 16.3. The van der Waals surface area contributed by atoms with Gasteiger partial charge in [-0.2, -0.15) is 0 Å². The van der Waals surface area contributed by atoms with E-state index in [9.17, 15) is 9.90 Å². The highest BCUT2D eigenvalue weighted by Gasteiger charge is 2.34. The van der Waals surface area contributed by atoms with Crippen molar-refractivity contribution in [1.82, 2.24) is 14.5 Å². The van der Waals surface area contributed by atoms with Crippen molar-refractivity contribution >= 4 is 5.91 Å². The lowest BCUT2D eigenvalue weighted by Gasteiger charge is -2.38. The average Bonchev–Trinajstić information content (AvgIpc) is 2.68. The topological polar surface area (TPSA) is 58.4 Å². The molecule has 1 saturated heterocycles. The van der Waals surface area contributed by atoms with Crippen molar-refractivity contribution in [3.63, 3.8) is 0 Å². The Morgan fingerprint density at radius 2 is 2.33 bits per heavy atom. The minimum absolute atomic E-state index is 0.0286. The van der Waals surface area contributed by atoms with Gasteiger partial charge in [0.15, 0.2) is 0 Å². The van der Waals surface area contributed by atoms with Gasteiger partial charge in [0.2, 0.25) is 0 Å². The summed E-state index contributed by atoms with van der Waals surface area (Å²) in [4.78, 5) is 18.3. The molecule has 5 heteroatoms. The molecule has 1 fully saturated rings. The lowest BCUT2D eigenvalue weighted by Crippen LogP contribution is -2.50. The van der Waals surface area contributed by atoms with Gasteiger partial charge in [-0.05, 0) is 26.2 Å². The number of hydrogen-bond acceptors (Lipinski definition) is 3. The molecule has 0 aromatic carbocycles. The molecule has 1 aromatic heterocycles. The van der Waals surface area contributed by atoms with E-state index in [1.54, 1.807) is 15.8 Å². The fourth-order valence-corrected chi connectivity index (χ4v) is 2.58. The second-order valence-corrected chi connectivity index (χ2v) is 5.20. The summed E-state index contributed by atoms with van der Waals surface area (Å²) in [5.74, 6) is -0.0286. The van der Waals surface area contributed by atoms with Crippen molar-refractivity contribution in [2.75, 3.05) is 13.1 Å². The summed E-state index contributed by atoms with van der Waals surface area (Å²) in [6.07, 6.45) is 3.96. The van der Waals surface area contributed by atoms with Crippen LogP contribution in [-0.4, -0.2) is 44.2 Å². The van der Waals surface area contributed by atoms with Crippen molar-refractivity contribution in [1.29, 1.82) is 0 Å². The summed E-state index contributed by atoms with van der Waals surface area (Å²) in [6, 6.07) is 0. The van der Waals surface area contributed by atoms with Crippen LogP contribution in [0.3, 0.4) is 0 Å². The summed E-state index contributed by atoms with van der Waals surface area (Å²) in [5.41, 5.74) is 0.643. The molecule has 2 rings (SSSR count). The molecule has 1 N–H and O–H groups in total. The number of imidazole rings is 1. The van der Waals surface area contributed by atoms with Crippen LogP contribution in [0.2, 0.25) is 0 Å². The van der Waals surface area contributed by atoms with E-state index in [-0.39, 0.29) is 5.91 Å². The quantitative estimate of drug-likeness (QED) is 0.856. The summed E-state index contributed by atoms with van der Waals surface area (Å²) >= 11 is 0. The van der Waals surface area contributed by atoms with Crippen LogP contribution in [0, 0.1) is 6.92 Å². The molecule has 0 bridgehead atoms. The number of piperidine rings is 1. The van der Waals surface area contributed by atoms with Gasteiger partial charge in [-0.1, -0.05) is 6.92 Å².